The quantitative estimate of drug-likeness (QED) is 0.0515. The Balaban J connectivity index is 0.000000125. The monoisotopic (exact) mass is 1890 g/mol. The van der Waals surface area contributed by atoms with Crippen LogP contribution in [0.15, 0.2) is 268 Å². The molecule has 21 rings (SSSR count). The number of likely N-dealkylation sites (tertiary alicyclic amines) is 4. The van der Waals surface area contributed by atoms with E-state index in [-0.39, 0.29) is 65.9 Å². The molecule has 714 valence electrons. The molecule has 2 unspecified atom stereocenters. The third-order valence-corrected chi connectivity index (χ3v) is 25.8. The molecule has 0 bridgehead atoms. The van der Waals surface area contributed by atoms with E-state index in [4.69, 9.17) is 68.2 Å². The second-order valence-electron chi connectivity index (χ2n) is 35.8. The zero-order valence-electron chi connectivity index (χ0n) is 79.9. The van der Waals surface area contributed by atoms with Gasteiger partial charge in [0, 0.05) is 116 Å². The van der Waals surface area contributed by atoms with Crippen LogP contribution >= 0.6 is 0 Å². The van der Waals surface area contributed by atoms with Crippen molar-refractivity contribution in [1.29, 1.82) is 0 Å². The third-order valence-electron chi connectivity index (χ3n) is 25.8. The molecule has 28 heteroatoms. The van der Waals surface area contributed by atoms with Gasteiger partial charge in [-0.15, -0.1) is 6.42 Å². The SMILES string of the molecule is C#CC(=O)N1CCC[C@H]1c1nc(-c2ccc(OC(C)c3ccccc3)cc2)c2c(N)nccn12.CC(C)C#CC(=O)N1CCC[C@H]1c1nc(-c2ccc(OCc3ccccc3)cc2)c2c(N)nccn12.CC(Oc1ccc(-c2nc([C@@H]3CCCN3C(=O)C#CC3CC3)n3ccnc(N)c23)cc1)c1ccccc1.CCC#CC(=O)N1CCC[C@H]1c1nc(-c2ccc(OCc3ccccc3)cc2)c2c(N)nccn12. The molecule has 142 heavy (non-hydrogen) atoms. The first-order valence-electron chi connectivity index (χ1n) is 48.2. The number of amides is 4. The van der Waals surface area contributed by atoms with Gasteiger partial charge in [0.05, 0.1) is 24.2 Å². The number of hydrogen-bond acceptors (Lipinski definition) is 20. The first-order valence-corrected chi connectivity index (χ1v) is 48.2. The predicted octanol–water partition coefficient (Wildman–Crippen LogP) is 19.1. The van der Waals surface area contributed by atoms with Crippen LogP contribution in [0.1, 0.15) is 187 Å². The zero-order chi connectivity index (χ0) is 98.3. The molecule has 0 spiro atoms. The summed E-state index contributed by atoms with van der Waals surface area (Å²) in [6.45, 7) is 13.6. The van der Waals surface area contributed by atoms with E-state index in [0.29, 0.717) is 86.2 Å². The van der Waals surface area contributed by atoms with E-state index in [0.717, 1.165) is 189 Å². The highest BCUT2D eigenvalue weighted by atomic mass is 16.5. The zero-order valence-corrected chi connectivity index (χ0v) is 79.9. The van der Waals surface area contributed by atoms with Gasteiger partial charge in [0.25, 0.3) is 23.6 Å². The maximum absolute atomic E-state index is 12.9. The van der Waals surface area contributed by atoms with Crippen LogP contribution in [0.25, 0.3) is 67.1 Å². The minimum absolute atomic E-state index is 0.0687. The lowest BCUT2D eigenvalue weighted by atomic mass is 10.1. The Morgan fingerprint density at radius 3 is 0.972 bits per heavy atom. The van der Waals surface area contributed by atoms with Gasteiger partial charge in [-0.25, -0.2) is 39.9 Å². The van der Waals surface area contributed by atoms with Crippen LogP contribution in [-0.4, -0.2) is 127 Å². The van der Waals surface area contributed by atoms with E-state index in [2.05, 4.69) is 73.5 Å². The number of carbonyl (C=O) groups is 4. The Hall–Kier alpha value is -17.2. The summed E-state index contributed by atoms with van der Waals surface area (Å²) in [5, 5.41) is 0. The maximum atomic E-state index is 12.9. The fourth-order valence-electron chi connectivity index (χ4n) is 18.5. The van der Waals surface area contributed by atoms with Gasteiger partial charge in [-0.2, -0.15) is 0 Å². The summed E-state index contributed by atoms with van der Waals surface area (Å²) in [6.07, 6.45) is 29.0. The van der Waals surface area contributed by atoms with Gasteiger partial charge in [-0.05, 0) is 221 Å². The van der Waals surface area contributed by atoms with Crippen molar-refractivity contribution in [3.8, 4) is 116 Å². The predicted molar refractivity (Wildman–Crippen MR) is 549 cm³/mol. The number of terminal acetylenes is 1. The molecular formula is C114H110N20O8. The number of nitrogens with zero attached hydrogens (tertiary/aromatic N) is 16. The van der Waals surface area contributed by atoms with E-state index in [1.54, 1.807) is 29.7 Å². The summed E-state index contributed by atoms with van der Waals surface area (Å²) in [7, 11) is 0. The molecule has 12 heterocycles. The lowest BCUT2D eigenvalue weighted by molar-refractivity contribution is -0.126. The number of nitrogen functional groups attached to an aromatic ring is 4. The van der Waals surface area contributed by atoms with E-state index in [1.165, 1.54) is 0 Å². The highest BCUT2D eigenvalue weighted by Gasteiger charge is 2.39. The van der Waals surface area contributed by atoms with Crippen LogP contribution in [0.4, 0.5) is 23.3 Å². The second-order valence-corrected chi connectivity index (χ2v) is 35.8. The van der Waals surface area contributed by atoms with Gasteiger partial charge in [0.2, 0.25) is 0 Å². The molecule has 8 aromatic carbocycles. The van der Waals surface area contributed by atoms with Crippen molar-refractivity contribution in [2.45, 2.75) is 155 Å². The molecule has 5 fully saturated rings. The van der Waals surface area contributed by atoms with Gasteiger partial charge in [-0.3, -0.25) is 36.8 Å². The molecule has 5 aliphatic rings. The number of benzene rings is 8. The van der Waals surface area contributed by atoms with Crippen molar-refractivity contribution in [2.75, 3.05) is 49.1 Å². The minimum atomic E-state index is -0.322. The normalized spacial score (nSPS) is 16.1. The molecule has 4 saturated heterocycles. The number of imidazole rings is 4. The Bertz CT molecular complexity index is 7480. The van der Waals surface area contributed by atoms with Crippen molar-refractivity contribution in [2.24, 2.45) is 11.8 Å². The van der Waals surface area contributed by atoms with Crippen LogP contribution in [0, 0.1) is 59.7 Å². The van der Waals surface area contributed by atoms with Gasteiger partial charge >= 0.3 is 0 Å². The smallest absolute Gasteiger partial charge is 0.299 e. The Morgan fingerprint density at radius 2 is 0.669 bits per heavy atom. The summed E-state index contributed by atoms with van der Waals surface area (Å²) in [5.74, 6) is 27.1. The molecule has 1 aliphatic carbocycles. The topological polar surface area (TPSA) is 343 Å². The Morgan fingerprint density at radius 1 is 0.373 bits per heavy atom. The third kappa shape index (κ3) is 21.4. The summed E-state index contributed by atoms with van der Waals surface area (Å²) in [4.78, 5) is 95.3. The Kier molecular flexibility index (Phi) is 29.2. The summed E-state index contributed by atoms with van der Waals surface area (Å²) < 4.78 is 32.0. The minimum Gasteiger partial charge on any atom is -0.489 e. The molecule has 8 aromatic heterocycles. The molecular weight excluding hydrogens is 1780 g/mol. The number of carbonyl (C=O) groups excluding carboxylic acids is 4. The number of anilines is 4. The number of fused-ring (bicyclic) bond motifs is 4. The highest BCUT2D eigenvalue weighted by molar-refractivity contribution is 5.97. The lowest BCUT2D eigenvalue weighted by Gasteiger charge is -2.21. The van der Waals surface area contributed by atoms with Crippen LogP contribution in [-0.2, 0) is 32.4 Å². The fourth-order valence-corrected chi connectivity index (χ4v) is 18.5. The number of hydrogen-bond donors (Lipinski definition) is 4. The first kappa shape index (κ1) is 95.1. The fraction of sp³-hybridized carbons (Fsp3) is 0.263. The lowest BCUT2D eigenvalue weighted by Crippen LogP contribution is -2.30. The summed E-state index contributed by atoms with van der Waals surface area (Å²) in [5.41, 5.74) is 39.2. The van der Waals surface area contributed by atoms with E-state index in [1.807, 2.05) is 298 Å². The van der Waals surface area contributed by atoms with Crippen molar-refractivity contribution in [1.82, 2.24) is 77.1 Å². The van der Waals surface area contributed by atoms with E-state index in [9.17, 15) is 19.2 Å². The van der Waals surface area contributed by atoms with Gasteiger partial charge in [0.15, 0.2) is 0 Å². The van der Waals surface area contributed by atoms with Crippen molar-refractivity contribution in [3.63, 3.8) is 0 Å². The molecule has 16 aromatic rings. The maximum Gasteiger partial charge on any atom is 0.299 e. The molecule has 1 saturated carbocycles. The molecule has 6 atom stereocenters. The average Bonchev–Trinajstić information content (AvgIpc) is 1.61. The van der Waals surface area contributed by atoms with Gasteiger partial charge in [0.1, 0.15) is 140 Å². The van der Waals surface area contributed by atoms with Crippen molar-refractivity contribution >= 4 is 69.0 Å². The van der Waals surface area contributed by atoms with Crippen LogP contribution in [0.3, 0.4) is 0 Å². The first-order chi connectivity index (χ1) is 69.3. The largest absolute Gasteiger partial charge is 0.489 e. The molecule has 4 aliphatic heterocycles. The Labute approximate surface area is 824 Å². The molecule has 28 nitrogen and oxygen atoms in total. The van der Waals surface area contributed by atoms with Gasteiger partial charge in [-0.1, -0.05) is 160 Å². The van der Waals surface area contributed by atoms with Crippen LogP contribution in [0.5, 0.6) is 23.0 Å². The number of aromatic nitrogens is 12. The summed E-state index contributed by atoms with van der Waals surface area (Å²) >= 11 is 0. The van der Waals surface area contributed by atoms with Crippen LogP contribution in [0.2, 0.25) is 0 Å². The average molecular weight is 1890 g/mol. The molecule has 0 radical (unpaired) electrons. The number of ether oxygens (including phenoxy) is 4. The van der Waals surface area contributed by atoms with E-state index < -0.39 is 0 Å². The summed E-state index contributed by atoms with van der Waals surface area (Å²) in [6, 6.07) is 70.9. The standard InChI is InChI=1S/C30H29N5O2.C29H29N5O2.C28H27N5O2.C27H25N5O2/c1-20(22-6-3-2-4-7-22)37-24-14-12-23(13-15-24)27-28-29(31)32-17-19-35(28)30(33-27)25-8-5-18-34(25)26(36)16-11-21-9-10-21;1-20(2)10-15-25(35)33-17-6-9-24(33)29-32-26(27-28(30)31-16-18-34(27)29)22-11-13-23(14-12-22)36-19-21-7-4-3-5-8-21;1-2-3-11-24(34)32-17-7-10-23(32)28-31-25(26-27(29)30-16-18-33(26)28)21-12-14-22(15-13-21)35-19-20-8-5-4-6-9-20;1-3-23(33)31-16-7-10-22(31)27-30-24(25-26(28)29-15-17-32(25)27)20-11-13-21(14-12-20)34-18(2)19-8-5-4-6-9-19/h2-4,6-7,12-15,17,19-21,25H,5,8-10,18H2,1H3,(H2,31,32);3-5,7-8,11-14,16,18,20,24H,6,9,17,19H2,1-2H3,(H2,30,31);4-6,8-9,12-16,18,23H,2,7,10,17,19H2,1H3,(H2,29,30);1,4-6,8-9,11-15,17-18,22H,7,10,16H2,2H3,(H2,28,29)/t20?,25-;24-;23-;18?,22-/m0000/s1. The van der Waals surface area contributed by atoms with Gasteiger partial charge < -0.3 is 61.5 Å². The second kappa shape index (κ2) is 43.6. The molecule has 4 amide bonds. The highest BCUT2D eigenvalue weighted by Crippen LogP contribution is 2.44. The van der Waals surface area contributed by atoms with Crippen molar-refractivity contribution in [3.05, 3.63) is 314 Å². The number of rotatable bonds is 20. The number of nitrogens with two attached hydrogens (primary N) is 4. The molecule has 8 N–H and O–H groups in total. The van der Waals surface area contributed by atoms with E-state index >= 15 is 0 Å². The van der Waals surface area contributed by atoms with Crippen LogP contribution < -0.4 is 41.9 Å². The van der Waals surface area contributed by atoms with Crippen molar-refractivity contribution < 1.29 is 38.1 Å².